The standard InChI is InChI=1S/C27H16ClN3O/c28-19-11-6-10-18(16-19)26-29-25(17-8-2-1-3-9-17)30-27(31-26)21-13-7-15-23-24(21)20-12-4-5-14-22(20)32-23/h1-16H/i1D,2D,3D,8D,9D. The van der Waals surface area contributed by atoms with Crippen molar-refractivity contribution in [3.05, 3.63) is 102 Å². The number of hydrogen-bond donors (Lipinski definition) is 0. The number of rotatable bonds is 3. The number of aromatic nitrogens is 3. The maximum Gasteiger partial charge on any atom is 0.164 e. The Hall–Kier alpha value is -4.02. The Kier molecular flexibility index (Phi) is 3.35. The highest BCUT2D eigenvalue weighted by molar-refractivity contribution is 6.30. The molecule has 4 aromatic carbocycles. The van der Waals surface area contributed by atoms with Crippen molar-refractivity contribution >= 4 is 33.5 Å². The lowest BCUT2D eigenvalue weighted by Crippen LogP contribution is -2.00. The molecule has 0 aliphatic carbocycles. The van der Waals surface area contributed by atoms with E-state index in [1.165, 1.54) is 0 Å². The maximum atomic E-state index is 8.46. The van der Waals surface area contributed by atoms with Crippen LogP contribution in [0.4, 0.5) is 0 Å². The van der Waals surface area contributed by atoms with Crippen LogP contribution in [0.2, 0.25) is 5.02 Å². The third kappa shape index (κ3) is 3.22. The van der Waals surface area contributed by atoms with Crippen molar-refractivity contribution in [3.63, 3.8) is 0 Å². The SMILES string of the molecule is [2H]c1c([2H])c([2H])c(-c2nc(-c3cccc(Cl)c3)nc(-c3cccc4oc5ccccc5c34)n2)c([2H])c1[2H]. The first-order valence-corrected chi connectivity index (χ1v) is 10.2. The van der Waals surface area contributed by atoms with Crippen LogP contribution in [-0.4, -0.2) is 15.0 Å². The predicted octanol–water partition coefficient (Wildman–Crippen LogP) is 7.43. The fourth-order valence-electron chi connectivity index (χ4n) is 3.69. The summed E-state index contributed by atoms with van der Waals surface area (Å²) in [6, 6.07) is 17.9. The summed E-state index contributed by atoms with van der Waals surface area (Å²) in [6.07, 6.45) is 0. The first-order chi connectivity index (χ1) is 17.8. The molecule has 2 heterocycles. The molecular weight excluding hydrogens is 418 g/mol. The lowest BCUT2D eigenvalue weighted by Gasteiger charge is -2.09. The van der Waals surface area contributed by atoms with E-state index in [1.54, 1.807) is 24.3 Å². The number of fused-ring (bicyclic) bond motifs is 3. The van der Waals surface area contributed by atoms with Crippen LogP contribution in [0.15, 0.2) is 101 Å². The van der Waals surface area contributed by atoms with Gasteiger partial charge < -0.3 is 4.42 Å². The molecule has 0 spiro atoms. The van der Waals surface area contributed by atoms with Crippen LogP contribution in [0.25, 0.3) is 56.1 Å². The number of halogens is 1. The van der Waals surface area contributed by atoms with Crippen LogP contribution in [0.1, 0.15) is 6.85 Å². The first-order valence-electron chi connectivity index (χ1n) is 12.3. The van der Waals surface area contributed by atoms with Crippen molar-refractivity contribution in [1.29, 1.82) is 0 Å². The highest BCUT2D eigenvalue weighted by atomic mass is 35.5. The summed E-state index contributed by atoms with van der Waals surface area (Å²) in [6.45, 7) is 0. The minimum Gasteiger partial charge on any atom is -0.456 e. The Bertz CT molecular complexity index is 1840. The number of benzene rings is 4. The highest BCUT2D eigenvalue weighted by Crippen LogP contribution is 2.36. The Balaban J connectivity index is 1.70. The van der Waals surface area contributed by atoms with Gasteiger partial charge in [0, 0.05) is 32.5 Å². The topological polar surface area (TPSA) is 51.8 Å². The minimum absolute atomic E-state index is 0.0400. The number of nitrogens with zero attached hydrogens (tertiary/aromatic N) is 3. The van der Waals surface area contributed by atoms with E-state index >= 15 is 0 Å². The average Bonchev–Trinajstić information content (AvgIpc) is 3.30. The van der Waals surface area contributed by atoms with Crippen LogP contribution < -0.4 is 0 Å². The highest BCUT2D eigenvalue weighted by Gasteiger charge is 2.17. The van der Waals surface area contributed by atoms with Crippen LogP contribution >= 0.6 is 11.6 Å². The van der Waals surface area contributed by atoms with Crippen LogP contribution in [0, 0.1) is 0 Å². The van der Waals surface area contributed by atoms with Crippen LogP contribution in [-0.2, 0) is 0 Å². The molecule has 0 N–H and O–H groups in total. The largest absolute Gasteiger partial charge is 0.456 e. The summed E-state index contributed by atoms with van der Waals surface area (Å²) in [5, 5.41) is 2.15. The third-order valence-corrected chi connectivity index (χ3v) is 5.32. The van der Waals surface area contributed by atoms with Gasteiger partial charge in [0.05, 0.1) is 6.85 Å². The Morgan fingerprint density at radius 2 is 1.41 bits per heavy atom. The second-order valence-electron chi connectivity index (χ2n) is 7.09. The van der Waals surface area contributed by atoms with Gasteiger partial charge in [0.25, 0.3) is 0 Å². The molecule has 0 radical (unpaired) electrons. The zero-order valence-electron chi connectivity index (χ0n) is 21.5. The molecule has 5 heteroatoms. The molecule has 152 valence electrons. The zero-order chi connectivity index (χ0) is 25.8. The van der Waals surface area contributed by atoms with E-state index in [-0.39, 0.29) is 23.0 Å². The molecule has 6 rings (SSSR count). The molecule has 6 aromatic rings. The molecule has 32 heavy (non-hydrogen) atoms. The maximum absolute atomic E-state index is 8.46. The lowest BCUT2D eigenvalue weighted by atomic mass is 10.1. The molecule has 4 nitrogen and oxygen atoms in total. The second kappa shape index (κ2) is 7.59. The van der Waals surface area contributed by atoms with Gasteiger partial charge in [-0.1, -0.05) is 84.3 Å². The molecule has 0 amide bonds. The zero-order valence-corrected chi connectivity index (χ0v) is 17.2. The smallest absolute Gasteiger partial charge is 0.164 e. The molecule has 0 aliphatic heterocycles. The van der Waals surface area contributed by atoms with E-state index < -0.39 is 30.2 Å². The summed E-state index contributed by atoms with van der Waals surface area (Å²) >= 11 is 6.23. The van der Waals surface area contributed by atoms with E-state index in [1.807, 2.05) is 42.5 Å². The van der Waals surface area contributed by atoms with Gasteiger partial charge in [-0.15, -0.1) is 0 Å². The first kappa shape index (κ1) is 14.1. The number of para-hydroxylation sites is 1. The summed E-state index contributed by atoms with van der Waals surface area (Å²) in [7, 11) is 0. The van der Waals surface area contributed by atoms with Crippen molar-refractivity contribution in [2.24, 2.45) is 0 Å². The minimum atomic E-state index is -0.488. The molecular formula is C27H16ClN3O. The van der Waals surface area contributed by atoms with Gasteiger partial charge in [-0.25, -0.2) is 15.0 Å². The normalized spacial score (nSPS) is 13.5. The van der Waals surface area contributed by atoms with Crippen molar-refractivity contribution in [3.8, 4) is 34.2 Å². The Morgan fingerprint density at radius 3 is 2.25 bits per heavy atom. The molecule has 0 saturated carbocycles. The lowest BCUT2D eigenvalue weighted by molar-refractivity contribution is 0.669. The molecule has 0 fully saturated rings. The van der Waals surface area contributed by atoms with Crippen molar-refractivity contribution in [2.75, 3.05) is 0 Å². The van der Waals surface area contributed by atoms with Crippen LogP contribution in [0.3, 0.4) is 0 Å². The molecule has 0 atom stereocenters. The van der Waals surface area contributed by atoms with Gasteiger partial charge in [-0.3, -0.25) is 0 Å². The Morgan fingerprint density at radius 1 is 0.688 bits per heavy atom. The van der Waals surface area contributed by atoms with Crippen LogP contribution in [0.5, 0.6) is 0 Å². The molecule has 0 saturated heterocycles. The Labute approximate surface area is 196 Å². The molecule has 0 aliphatic rings. The fraction of sp³-hybridized carbons (Fsp3) is 0. The third-order valence-electron chi connectivity index (χ3n) is 5.09. The van der Waals surface area contributed by atoms with Crippen molar-refractivity contribution in [2.45, 2.75) is 0 Å². The van der Waals surface area contributed by atoms with Crippen molar-refractivity contribution in [1.82, 2.24) is 15.0 Å². The molecule has 0 unspecified atom stereocenters. The average molecular weight is 439 g/mol. The number of furan rings is 1. The summed E-state index contributed by atoms with van der Waals surface area (Å²) in [4.78, 5) is 13.9. The second-order valence-corrected chi connectivity index (χ2v) is 7.53. The van der Waals surface area contributed by atoms with Gasteiger partial charge in [-0.2, -0.15) is 0 Å². The quantitative estimate of drug-likeness (QED) is 0.288. The van der Waals surface area contributed by atoms with Gasteiger partial charge in [0.15, 0.2) is 17.5 Å². The van der Waals surface area contributed by atoms with Gasteiger partial charge >= 0.3 is 0 Å². The molecule has 2 aromatic heterocycles. The van der Waals surface area contributed by atoms with E-state index in [0.29, 0.717) is 27.3 Å². The van der Waals surface area contributed by atoms with Gasteiger partial charge in [0.2, 0.25) is 0 Å². The number of hydrogen-bond acceptors (Lipinski definition) is 4. The van der Waals surface area contributed by atoms with Gasteiger partial charge in [-0.05, 0) is 24.3 Å². The summed E-state index contributed by atoms with van der Waals surface area (Å²) in [5.74, 6) is 0.477. The summed E-state index contributed by atoms with van der Waals surface area (Å²) < 4.78 is 47.1. The van der Waals surface area contributed by atoms with Gasteiger partial charge in [0.1, 0.15) is 11.2 Å². The van der Waals surface area contributed by atoms with E-state index in [0.717, 1.165) is 10.8 Å². The van der Waals surface area contributed by atoms with Crippen molar-refractivity contribution < 1.29 is 11.3 Å². The monoisotopic (exact) mass is 438 g/mol. The van der Waals surface area contributed by atoms with E-state index in [4.69, 9.17) is 27.9 Å². The summed E-state index contributed by atoms with van der Waals surface area (Å²) in [5.41, 5.74) is 2.49. The fourth-order valence-corrected chi connectivity index (χ4v) is 3.88. The van der Waals surface area contributed by atoms with E-state index in [2.05, 4.69) is 9.97 Å². The predicted molar refractivity (Wildman–Crippen MR) is 128 cm³/mol. The van der Waals surface area contributed by atoms with E-state index in [9.17, 15) is 0 Å². The molecule has 0 bridgehead atoms.